The average molecular weight is 316 g/mol. The molecule has 0 radical (unpaired) electrons. The van der Waals surface area contributed by atoms with Crippen molar-refractivity contribution >= 4 is 40.6 Å². The summed E-state index contributed by atoms with van der Waals surface area (Å²) in [5.41, 5.74) is 1.68. The van der Waals surface area contributed by atoms with E-state index in [1.165, 1.54) is 6.07 Å². The Morgan fingerprint density at radius 3 is 2.61 bits per heavy atom. The van der Waals surface area contributed by atoms with Gasteiger partial charge < -0.3 is 10.5 Å². The van der Waals surface area contributed by atoms with Gasteiger partial charge in [-0.25, -0.2) is 0 Å². The SMILES string of the molecule is NC(=S)c1ccc(OCCSC(F)(F)F)cc1Cl. The molecule has 0 aliphatic carbocycles. The Morgan fingerprint density at radius 2 is 2.11 bits per heavy atom. The highest BCUT2D eigenvalue weighted by Crippen LogP contribution is 2.30. The van der Waals surface area contributed by atoms with Crippen LogP contribution >= 0.6 is 35.6 Å². The van der Waals surface area contributed by atoms with Gasteiger partial charge in [-0.3, -0.25) is 0 Å². The Morgan fingerprint density at radius 1 is 1.44 bits per heavy atom. The van der Waals surface area contributed by atoms with Crippen molar-refractivity contribution in [3.63, 3.8) is 0 Å². The Labute approximate surface area is 117 Å². The summed E-state index contributed by atoms with van der Waals surface area (Å²) in [5, 5.41) is 0.309. The van der Waals surface area contributed by atoms with Crippen LogP contribution in [-0.2, 0) is 0 Å². The maximum absolute atomic E-state index is 11.8. The summed E-state index contributed by atoms with van der Waals surface area (Å²) in [5.74, 6) is 0.195. The molecule has 8 heteroatoms. The van der Waals surface area contributed by atoms with Crippen LogP contribution in [0.3, 0.4) is 0 Å². The molecule has 0 aliphatic heterocycles. The molecule has 1 aromatic rings. The third kappa shape index (κ3) is 5.32. The van der Waals surface area contributed by atoms with Gasteiger partial charge in [0.05, 0.1) is 11.6 Å². The third-order valence-electron chi connectivity index (χ3n) is 1.82. The number of rotatable bonds is 5. The van der Waals surface area contributed by atoms with Crippen LogP contribution in [0.1, 0.15) is 5.56 Å². The van der Waals surface area contributed by atoms with Gasteiger partial charge in [0.25, 0.3) is 0 Å². The van der Waals surface area contributed by atoms with Crippen LogP contribution in [0.2, 0.25) is 5.02 Å². The van der Waals surface area contributed by atoms with Crippen molar-refractivity contribution in [1.82, 2.24) is 0 Å². The van der Waals surface area contributed by atoms with Gasteiger partial charge in [-0.2, -0.15) is 13.2 Å². The van der Waals surface area contributed by atoms with Gasteiger partial charge in [-0.1, -0.05) is 23.8 Å². The van der Waals surface area contributed by atoms with Crippen LogP contribution in [-0.4, -0.2) is 22.9 Å². The van der Waals surface area contributed by atoms with E-state index in [9.17, 15) is 13.2 Å². The van der Waals surface area contributed by atoms with E-state index in [1.54, 1.807) is 12.1 Å². The second kappa shape index (κ2) is 6.49. The number of thiocarbonyl (C=S) groups is 1. The van der Waals surface area contributed by atoms with Crippen LogP contribution in [0.5, 0.6) is 5.75 Å². The predicted molar refractivity (Wildman–Crippen MR) is 71.3 cm³/mol. The molecule has 0 amide bonds. The van der Waals surface area contributed by atoms with E-state index >= 15 is 0 Å². The fraction of sp³-hybridized carbons (Fsp3) is 0.300. The standard InChI is InChI=1S/C10H9ClF3NOS2/c11-8-5-6(1-2-7(8)9(15)17)16-3-4-18-10(12,13)14/h1-2,5H,3-4H2,(H2,15,17). The second-order valence-corrected chi connectivity index (χ2v) is 5.16. The zero-order valence-electron chi connectivity index (χ0n) is 8.96. The van der Waals surface area contributed by atoms with Gasteiger partial charge in [0.2, 0.25) is 0 Å². The van der Waals surface area contributed by atoms with E-state index in [0.717, 1.165) is 0 Å². The minimum absolute atomic E-state index is 0.0626. The summed E-state index contributed by atoms with van der Waals surface area (Å²) in [4.78, 5) is 0.152. The number of alkyl halides is 3. The Kier molecular flexibility index (Phi) is 5.55. The summed E-state index contributed by atoms with van der Waals surface area (Å²) in [6, 6.07) is 4.59. The first-order chi connectivity index (χ1) is 8.29. The van der Waals surface area contributed by atoms with Gasteiger partial charge in [0, 0.05) is 11.3 Å². The summed E-state index contributed by atoms with van der Waals surface area (Å²) < 4.78 is 40.7. The molecule has 0 saturated heterocycles. The molecule has 1 rings (SSSR count). The van der Waals surface area contributed by atoms with E-state index < -0.39 is 5.51 Å². The number of benzene rings is 1. The third-order valence-corrected chi connectivity index (χ3v) is 3.05. The first kappa shape index (κ1) is 15.4. The molecule has 0 bridgehead atoms. The first-order valence-electron chi connectivity index (χ1n) is 4.72. The Balaban J connectivity index is 2.49. The molecular weight excluding hydrogens is 307 g/mol. The molecule has 100 valence electrons. The number of hydrogen-bond acceptors (Lipinski definition) is 3. The molecule has 0 aromatic heterocycles. The van der Waals surface area contributed by atoms with E-state index in [1.807, 2.05) is 0 Å². The molecule has 0 atom stereocenters. The van der Waals surface area contributed by atoms with Crippen LogP contribution in [0, 0.1) is 0 Å². The fourth-order valence-corrected chi connectivity index (χ4v) is 2.01. The molecule has 1 aromatic carbocycles. The molecule has 2 nitrogen and oxygen atoms in total. The maximum Gasteiger partial charge on any atom is 0.441 e. The van der Waals surface area contributed by atoms with Crippen molar-refractivity contribution in [2.45, 2.75) is 5.51 Å². The van der Waals surface area contributed by atoms with Crippen molar-refractivity contribution in [3.05, 3.63) is 28.8 Å². The number of nitrogens with two attached hydrogens (primary N) is 1. The zero-order chi connectivity index (χ0) is 13.8. The molecular formula is C10H9ClF3NOS2. The minimum atomic E-state index is -4.24. The smallest absolute Gasteiger partial charge is 0.441 e. The van der Waals surface area contributed by atoms with E-state index in [2.05, 4.69) is 0 Å². The fourth-order valence-electron chi connectivity index (χ4n) is 1.10. The Hall–Kier alpha value is -0.660. The van der Waals surface area contributed by atoms with E-state index in [4.69, 9.17) is 34.3 Å². The summed E-state index contributed by atoms with van der Waals surface area (Å²) in [6.45, 7) is -0.0626. The topological polar surface area (TPSA) is 35.2 Å². The molecule has 0 heterocycles. The van der Waals surface area contributed by atoms with Crippen molar-refractivity contribution in [3.8, 4) is 5.75 Å². The first-order valence-corrected chi connectivity index (χ1v) is 6.49. The number of hydrogen-bond donors (Lipinski definition) is 1. The van der Waals surface area contributed by atoms with Gasteiger partial charge in [0.15, 0.2) is 0 Å². The van der Waals surface area contributed by atoms with Crippen LogP contribution in [0.15, 0.2) is 18.2 Å². The van der Waals surface area contributed by atoms with Crippen molar-refractivity contribution in [2.75, 3.05) is 12.4 Å². The molecule has 18 heavy (non-hydrogen) atoms. The van der Waals surface area contributed by atoms with Crippen LogP contribution < -0.4 is 10.5 Å². The van der Waals surface area contributed by atoms with Gasteiger partial charge in [0.1, 0.15) is 10.7 Å². The molecule has 0 spiro atoms. The zero-order valence-corrected chi connectivity index (χ0v) is 11.3. The van der Waals surface area contributed by atoms with Crippen molar-refractivity contribution < 1.29 is 17.9 Å². The largest absolute Gasteiger partial charge is 0.493 e. The predicted octanol–water partition coefficient (Wildman–Crippen LogP) is 3.61. The van der Waals surface area contributed by atoms with Crippen LogP contribution in [0.25, 0.3) is 0 Å². The van der Waals surface area contributed by atoms with Crippen LogP contribution in [0.4, 0.5) is 13.2 Å². The van der Waals surface area contributed by atoms with E-state index in [0.29, 0.717) is 16.3 Å². The van der Waals surface area contributed by atoms with E-state index in [-0.39, 0.29) is 29.1 Å². The number of halogens is 4. The summed E-state index contributed by atoms with van der Waals surface area (Å²) in [7, 11) is 0. The normalized spacial score (nSPS) is 11.3. The molecule has 0 fully saturated rings. The lowest BCUT2D eigenvalue weighted by Crippen LogP contribution is -2.10. The average Bonchev–Trinajstić information content (AvgIpc) is 2.22. The van der Waals surface area contributed by atoms with Gasteiger partial charge in [-0.15, -0.1) is 0 Å². The molecule has 0 unspecified atom stereocenters. The lowest BCUT2D eigenvalue weighted by molar-refractivity contribution is -0.0329. The maximum atomic E-state index is 11.8. The van der Waals surface area contributed by atoms with Gasteiger partial charge in [-0.05, 0) is 30.0 Å². The number of thioether (sulfide) groups is 1. The molecule has 2 N–H and O–H groups in total. The highest BCUT2D eigenvalue weighted by molar-refractivity contribution is 8.00. The second-order valence-electron chi connectivity index (χ2n) is 3.15. The quantitative estimate of drug-likeness (QED) is 0.665. The number of ether oxygens (including phenoxy) is 1. The minimum Gasteiger partial charge on any atom is -0.493 e. The highest BCUT2D eigenvalue weighted by atomic mass is 35.5. The van der Waals surface area contributed by atoms with Crippen molar-refractivity contribution in [1.29, 1.82) is 0 Å². The lowest BCUT2D eigenvalue weighted by Gasteiger charge is -2.09. The Bertz CT molecular complexity index is 440. The molecule has 0 aliphatic rings. The summed E-state index contributed by atoms with van der Waals surface area (Å²) in [6.07, 6.45) is 0. The lowest BCUT2D eigenvalue weighted by atomic mass is 10.2. The van der Waals surface area contributed by atoms with Gasteiger partial charge >= 0.3 is 5.51 Å². The van der Waals surface area contributed by atoms with Crippen molar-refractivity contribution in [2.24, 2.45) is 5.73 Å². The molecule has 0 saturated carbocycles. The monoisotopic (exact) mass is 315 g/mol. The highest BCUT2D eigenvalue weighted by Gasteiger charge is 2.27. The summed E-state index contributed by atoms with van der Waals surface area (Å²) >= 11 is 10.5.